The van der Waals surface area contributed by atoms with Crippen LogP contribution < -0.4 is 5.32 Å². The third kappa shape index (κ3) is 4.07. The molecule has 2 aromatic heterocycles. The molecule has 3 rings (SSSR count). The number of allylic oxidation sites excluding steroid dienone is 1. The molecule has 0 saturated carbocycles. The zero-order valence-electron chi connectivity index (χ0n) is 14.1. The van der Waals surface area contributed by atoms with Crippen molar-refractivity contribution in [3.63, 3.8) is 0 Å². The molecule has 1 aliphatic heterocycles. The highest BCUT2D eigenvalue weighted by atomic mass is 32.1. The molecule has 0 unspecified atom stereocenters. The van der Waals surface area contributed by atoms with Gasteiger partial charge in [-0.05, 0) is 38.0 Å². The SMILES string of the molecule is C/C=C(\NC[C@H]1CCCO1)c1ccc(-c2cc(C(F)(F)F)n(C)n2)s1. The van der Waals surface area contributed by atoms with Gasteiger partial charge in [0.25, 0.3) is 0 Å². The molecule has 136 valence electrons. The van der Waals surface area contributed by atoms with Crippen molar-refractivity contribution in [2.45, 2.75) is 32.0 Å². The van der Waals surface area contributed by atoms with Crippen LogP contribution in [0.5, 0.6) is 0 Å². The van der Waals surface area contributed by atoms with Crippen molar-refractivity contribution < 1.29 is 17.9 Å². The number of nitrogens with zero attached hydrogens (tertiary/aromatic N) is 2. The van der Waals surface area contributed by atoms with Crippen molar-refractivity contribution in [2.24, 2.45) is 7.05 Å². The van der Waals surface area contributed by atoms with Gasteiger partial charge in [-0.25, -0.2) is 0 Å². The van der Waals surface area contributed by atoms with Crippen LogP contribution in [0.3, 0.4) is 0 Å². The molecule has 1 aliphatic rings. The zero-order valence-corrected chi connectivity index (χ0v) is 14.9. The van der Waals surface area contributed by atoms with Gasteiger partial charge in [0, 0.05) is 25.9 Å². The fourth-order valence-corrected chi connectivity index (χ4v) is 3.85. The molecule has 1 saturated heterocycles. The Labute approximate surface area is 148 Å². The smallest absolute Gasteiger partial charge is 0.382 e. The fourth-order valence-electron chi connectivity index (χ4n) is 2.83. The van der Waals surface area contributed by atoms with Gasteiger partial charge in [0.05, 0.1) is 15.9 Å². The van der Waals surface area contributed by atoms with Crippen LogP contribution in [-0.2, 0) is 18.0 Å². The predicted molar refractivity (Wildman–Crippen MR) is 92.2 cm³/mol. The van der Waals surface area contributed by atoms with E-state index in [9.17, 15) is 13.2 Å². The van der Waals surface area contributed by atoms with E-state index in [4.69, 9.17) is 4.74 Å². The lowest BCUT2D eigenvalue weighted by Gasteiger charge is -2.13. The standard InChI is InChI=1S/C17H20F3N3OS/c1-3-12(21-10-11-5-4-8-24-11)14-6-7-15(25-14)13-9-16(17(18,19)20)23(2)22-13/h3,6-7,9,11,21H,4-5,8,10H2,1-2H3/b12-3-/t11-/m1/s1. The van der Waals surface area contributed by atoms with E-state index in [0.717, 1.165) is 47.3 Å². The summed E-state index contributed by atoms with van der Waals surface area (Å²) in [6.45, 7) is 3.47. The predicted octanol–water partition coefficient (Wildman–Crippen LogP) is 4.30. The van der Waals surface area contributed by atoms with Crippen molar-refractivity contribution in [3.05, 3.63) is 34.8 Å². The Kier molecular flexibility index (Phi) is 5.19. The van der Waals surface area contributed by atoms with Crippen LogP contribution in [0.2, 0.25) is 0 Å². The molecule has 0 radical (unpaired) electrons. The van der Waals surface area contributed by atoms with Gasteiger partial charge in [0.1, 0.15) is 11.4 Å². The molecule has 0 aliphatic carbocycles. The molecule has 25 heavy (non-hydrogen) atoms. The number of ether oxygens (including phenoxy) is 1. The fraction of sp³-hybridized carbons (Fsp3) is 0.471. The van der Waals surface area contributed by atoms with Gasteiger partial charge in [-0.1, -0.05) is 6.08 Å². The minimum atomic E-state index is -4.41. The van der Waals surface area contributed by atoms with E-state index in [1.165, 1.54) is 18.4 Å². The number of alkyl halides is 3. The molecule has 0 spiro atoms. The van der Waals surface area contributed by atoms with E-state index in [-0.39, 0.29) is 6.10 Å². The Balaban J connectivity index is 1.75. The Hall–Kier alpha value is -1.80. The summed E-state index contributed by atoms with van der Waals surface area (Å²) in [5, 5.41) is 7.38. The van der Waals surface area contributed by atoms with Gasteiger partial charge >= 0.3 is 6.18 Å². The maximum Gasteiger partial charge on any atom is 0.433 e. The maximum absolute atomic E-state index is 12.9. The number of aryl methyl sites for hydroxylation is 1. The molecule has 2 aromatic rings. The summed E-state index contributed by atoms with van der Waals surface area (Å²) in [6, 6.07) is 4.80. The van der Waals surface area contributed by atoms with Crippen molar-refractivity contribution in [2.75, 3.05) is 13.2 Å². The van der Waals surface area contributed by atoms with Crippen molar-refractivity contribution >= 4 is 17.0 Å². The first-order valence-electron chi connectivity index (χ1n) is 8.12. The molecule has 1 N–H and O–H groups in total. The Morgan fingerprint density at radius 3 is 2.88 bits per heavy atom. The first-order chi connectivity index (χ1) is 11.9. The number of aromatic nitrogens is 2. The molecule has 4 nitrogen and oxygen atoms in total. The van der Waals surface area contributed by atoms with E-state index >= 15 is 0 Å². The molecule has 1 fully saturated rings. The average molecular weight is 371 g/mol. The number of nitrogens with one attached hydrogen (secondary N) is 1. The van der Waals surface area contributed by atoms with E-state index < -0.39 is 11.9 Å². The molecule has 3 heterocycles. The summed E-state index contributed by atoms with van der Waals surface area (Å²) in [7, 11) is 1.31. The summed E-state index contributed by atoms with van der Waals surface area (Å²) in [5.41, 5.74) is 0.541. The molecular formula is C17H20F3N3OS. The largest absolute Gasteiger partial charge is 0.433 e. The summed E-state index contributed by atoms with van der Waals surface area (Å²) < 4.78 is 45.3. The molecule has 0 amide bonds. The summed E-state index contributed by atoms with van der Waals surface area (Å²) >= 11 is 1.42. The van der Waals surface area contributed by atoms with Crippen LogP contribution in [0, 0.1) is 0 Å². The Morgan fingerprint density at radius 2 is 2.28 bits per heavy atom. The van der Waals surface area contributed by atoms with Crippen LogP contribution in [-0.4, -0.2) is 29.0 Å². The van der Waals surface area contributed by atoms with Crippen LogP contribution >= 0.6 is 11.3 Å². The van der Waals surface area contributed by atoms with E-state index in [2.05, 4.69) is 10.4 Å². The summed E-state index contributed by atoms with van der Waals surface area (Å²) in [5.74, 6) is 0. The second kappa shape index (κ2) is 7.21. The monoisotopic (exact) mass is 371 g/mol. The van der Waals surface area contributed by atoms with Crippen LogP contribution in [0.1, 0.15) is 30.3 Å². The highest BCUT2D eigenvalue weighted by Gasteiger charge is 2.35. The van der Waals surface area contributed by atoms with Crippen molar-refractivity contribution in [3.8, 4) is 10.6 Å². The lowest BCUT2D eigenvalue weighted by atomic mass is 10.2. The topological polar surface area (TPSA) is 39.1 Å². The Bertz CT molecular complexity index is 758. The van der Waals surface area contributed by atoms with E-state index in [0.29, 0.717) is 10.6 Å². The molecule has 0 bridgehead atoms. The van der Waals surface area contributed by atoms with E-state index in [1.807, 2.05) is 19.1 Å². The molecule has 0 aromatic carbocycles. The van der Waals surface area contributed by atoms with Crippen LogP contribution in [0.4, 0.5) is 13.2 Å². The van der Waals surface area contributed by atoms with Gasteiger partial charge in [-0.15, -0.1) is 11.3 Å². The van der Waals surface area contributed by atoms with Gasteiger partial charge in [0.2, 0.25) is 0 Å². The second-order valence-electron chi connectivity index (χ2n) is 5.92. The second-order valence-corrected chi connectivity index (χ2v) is 7.00. The number of hydrogen-bond donors (Lipinski definition) is 1. The van der Waals surface area contributed by atoms with Crippen molar-refractivity contribution in [1.29, 1.82) is 0 Å². The van der Waals surface area contributed by atoms with E-state index in [1.54, 1.807) is 6.07 Å². The minimum absolute atomic E-state index is 0.222. The lowest BCUT2D eigenvalue weighted by Crippen LogP contribution is -2.24. The Morgan fingerprint density at radius 1 is 1.48 bits per heavy atom. The number of thiophene rings is 1. The molecule has 8 heteroatoms. The lowest BCUT2D eigenvalue weighted by molar-refractivity contribution is -0.143. The van der Waals surface area contributed by atoms with Crippen LogP contribution in [0.25, 0.3) is 16.3 Å². The van der Waals surface area contributed by atoms with Crippen LogP contribution in [0.15, 0.2) is 24.3 Å². The first-order valence-corrected chi connectivity index (χ1v) is 8.93. The first kappa shape index (κ1) is 18.0. The van der Waals surface area contributed by atoms with Gasteiger partial charge in [-0.3, -0.25) is 4.68 Å². The van der Waals surface area contributed by atoms with Crippen molar-refractivity contribution in [1.82, 2.24) is 15.1 Å². The summed E-state index contributed by atoms with van der Waals surface area (Å²) in [4.78, 5) is 1.68. The molecule has 1 atom stereocenters. The van der Waals surface area contributed by atoms with Gasteiger partial charge < -0.3 is 10.1 Å². The average Bonchev–Trinajstić information content (AvgIpc) is 3.26. The van der Waals surface area contributed by atoms with Gasteiger partial charge in [-0.2, -0.15) is 18.3 Å². The third-order valence-corrected chi connectivity index (χ3v) is 5.27. The normalized spacial score (nSPS) is 18.8. The molecular weight excluding hydrogens is 351 g/mol. The number of halogens is 3. The quantitative estimate of drug-likeness (QED) is 0.852. The third-order valence-electron chi connectivity index (χ3n) is 4.13. The number of rotatable bonds is 5. The minimum Gasteiger partial charge on any atom is -0.382 e. The number of hydrogen-bond acceptors (Lipinski definition) is 4. The summed E-state index contributed by atoms with van der Waals surface area (Å²) in [6.07, 6.45) is -0.0865. The highest BCUT2D eigenvalue weighted by molar-refractivity contribution is 7.16. The van der Waals surface area contributed by atoms with Gasteiger partial charge in [0.15, 0.2) is 0 Å². The zero-order chi connectivity index (χ0) is 18.0. The highest BCUT2D eigenvalue weighted by Crippen LogP contribution is 2.35. The maximum atomic E-state index is 12.9.